The van der Waals surface area contributed by atoms with Crippen molar-refractivity contribution in [3.63, 3.8) is 0 Å². The summed E-state index contributed by atoms with van der Waals surface area (Å²) in [6.07, 6.45) is 5.83. The SMILES string of the molecule is CCCC(CCC)CCO/N=C1/C(c2c(O)[nH]c3ccc(Br)cc23)=Nc2ccccc21. The van der Waals surface area contributed by atoms with E-state index in [0.29, 0.717) is 29.5 Å². The maximum absolute atomic E-state index is 10.7. The second kappa shape index (κ2) is 9.69. The molecule has 0 bridgehead atoms. The minimum Gasteiger partial charge on any atom is -0.494 e. The van der Waals surface area contributed by atoms with Gasteiger partial charge in [0.05, 0.1) is 11.3 Å². The quantitative estimate of drug-likeness (QED) is 0.252. The Morgan fingerprint density at radius 1 is 1.10 bits per heavy atom. The number of rotatable bonds is 9. The lowest BCUT2D eigenvalue weighted by molar-refractivity contribution is 0.126. The number of aliphatic imine (C=N–C) groups is 1. The molecule has 162 valence electrons. The number of halogens is 1. The Morgan fingerprint density at radius 3 is 2.65 bits per heavy atom. The first-order valence-electron chi connectivity index (χ1n) is 11.0. The van der Waals surface area contributed by atoms with Crippen molar-refractivity contribution < 1.29 is 9.94 Å². The molecule has 0 fully saturated rings. The summed E-state index contributed by atoms with van der Waals surface area (Å²) < 4.78 is 0.934. The number of aromatic amines is 1. The molecule has 31 heavy (non-hydrogen) atoms. The highest BCUT2D eigenvalue weighted by Gasteiger charge is 2.29. The van der Waals surface area contributed by atoms with Crippen molar-refractivity contribution in [1.29, 1.82) is 0 Å². The highest BCUT2D eigenvalue weighted by atomic mass is 79.9. The van der Waals surface area contributed by atoms with Crippen LogP contribution in [0.3, 0.4) is 0 Å². The molecule has 2 heterocycles. The lowest BCUT2D eigenvalue weighted by atomic mass is 9.95. The smallest absolute Gasteiger partial charge is 0.199 e. The summed E-state index contributed by atoms with van der Waals surface area (Å²) in [7, 11) is 0. The fourth-order valence-electron chi connectivity index (χ4n) is 4.31. The first kappa shape index (κ1) is 21.6. The van der Waals surface area contributed by atoms with Crippen LogP contribution in [0.1, 0.15) is 57.1 Å². The number of hydrogen-bond donors (Lipinski definition) is 2. The molecule has 0 aliphatic carbocycles. The van der Waals surface area contributed by atoms with Gasteiger partial charge in [-0.1, -0.05) is 78.8 Å². The van der Waals surface area contributed by atoms with E-state index in [0.717, 1.165) is 33.0 Å². The number of nitrogens with one attached hydrogen (secondary N) is 1. The molecule has 1 aromatic heterocycles. The summed E-state index contributed by atoms with van der Waals surface area (Å²) in [6.45, 7) is 5.04. The molecule has 1 aliphatic heterocycles. The third-order valence-electron chi connectivity index (χ3n) is 5.76. The van der Waals surface area contributed by atoms with E-state index in [1.807, 2.05) is 42.5 Å². The maximum atomic E-state index is 10.7. The molecule has 0 spiro atoms. The number of oxime groups is 1. The van der Waals surface area contributed by atoms with Crippen molar-refractivity contribution in [2.75, 3.05) is 6.61 Å². The van der Waals surface area contributed by atoms with Gasteiger partial charge in [-0.2, -0.15) is 0 Å². The van der Waals surface area contributed by atoms with Gasteiger partial charge in [0.15, 0.2) is 5.88 Å². The summed E-state index contributed by atoms with van der Waals surface area (Å²) in [4.78, 5) is 13.7. The third-order valence-corrected chi connectivity index (χ3v) is 6.25. The van der Waals surface area contributed by atoms with Crippen molar-refractivity contribution in [2.45, 2.75) is 46.0 Å². The van der Waals surface area contributed by atoms with Gasteiger partial charge in [0, 0.05) is 20.9 Å². The van der Waals surface area contributed by atoms with Gasteiger partial charge in [-0.3, -0.25) is 0 Å². The molecule has 1 aliphatic rings. The van der Waals surface area contributed by atoms with Gasteiger partial charge < -0.3 is 14.9 Å². The van der Waals surface area contributed by atoms with Crippen molar-refractivity contribution in [3.05, 3.63) is 58.1 Å². The molecule has 0 saturated carbocycles. The number of aromatic hydroxyl groups is 1. The van der Waals surface area contributed by atoms with E-state index in [4.69, 9.17) is 9.83 Å². The lowest BCUT2D eigenvalue weighted by Crippen LogP contribution is -2.14. The molecule has 0 atom stereocenters. The summed E-state index contributed by atoms with van der Waals surface area (Å²) in [5, 5.41) is 16.1. The number of benzene rings is 2. The van der Waals surface area contributed by atoms with Crippen LogP contribution < -0.4 is 0 Å². The lowest BCUT2D eigenvalue weighted by Gasteiger charge is -2.14. The van der Waals surface area contributed by atoms with Gasteiger partial charge in [0.25, 0.3) is 0 Å². The number of fused-ring (bicyclic) bond motifs is 2. The first-order valence-corrected chi connectivity index (χ1v) is 11.8. The molecule has 0 amide bonds. The molecule has 0 radical (unpaired) electrons. The van der Waals surface area contributed by atoms with Crippen LogP contribution in [0.2, 0.25) is 0 Å². The predicted molar refractivity (Wildman–Crippen MR) is 131 cm³/mol. The molecule has 3 aromatic rings. The predicted octanol–water partition coefficient (Wildman–Crippen LogP) is 7.10. The second-order valence-electron chi connectivity index (χ2n) is 8.02. The van der Waals surface area contributed by atoms with Crippen LogP contribution in [-0.4, -0.2) is 28.1 Å². The molecule has 2 aromatic carbocycles. The standard InChI is InChI=1S/C25H28BrN3O2/c1-3-7-16(8-4-2)13-14-31-29-23-18-9-5-6-10-20(18)27-24(23)22-19-15-17(26)11-12-21(19)28-25(22)30/h5-6,9-12,15-16,28,30H,3-4,7-8,13-14H2,1-2H3/b29-23+. The van der Waals surface area contributed by atoms with Crippen molar-refractivity contribution >= 4 is 43.9 Å². The number of hydrogen-bond acceptors (Lipinski definition) is 4. The van der Waals surface area contributed by atoms with E-state index in [1.165, 1.54) is 25.7 Å². The monoisotopic (exact) mass is 481 g/mol. The minimum atomic E-state index is 0.0818. The molecular weight excluding hydrogens is 454 g/mol. The zero-order chi connectivity index (χ0) is 21.8. The number of aromatic nitrogens is 1. The average molecular weight is 482 g/mol. The maximum Gasteiger partial charge on any atom is 0.199 e. The fourth-order valence-corrected chi connectivity index (χ4v) is 4.67. The highest BCUT2D eigenvalue weighted by molar-refractivity contribution is 9.10. The molecular formula is C25H28BrN3O2. The number of para-hydroxylation sites is 1. The minimum absolute atomic E-state index is 0.0818. The molecule has 0 unspecified atom stereocenters. The Kier molecular flexibility index (Phi) is 6.76. The Labute approximate surface area is 191 Å². The van der Waals surface area contributed by atoms with E-state index >= 15 is 0 Å². The van der Waals surface area contributed by atoms with Crippen LogP contribution in [0.4, 0.5) is 5.69 Å². The topological polar surface area (TPSA) is 70.0 Å². The van der Waals surface area contributed by atoms with Crippen molar-refractivity contribution in [2.24, 2.45) is 16.1 Å². The Morgan fingerprint density at radius 2 is 1.87 bits per heavy atom. The molecule has 6 heteroatoms. The highest BCUT2D eigenvalue weighted by Crippen LogP contribution is 2.36. The van der Waals surface area contributed by atoms with E-state index < -0.39 is 0 Å². The van der Waals surface area contributed by atoms with Gasteiger partial charge in [-0.15, -0.1) is 0 Å². The molecule has 0 saturated heterocycles. The van der Waals surface area contributed by atoms with Gasteiger partial charge in [-0.05, 0) is 36.6 Å². The van der Waals surface area contributed by atoms with E-state index in [1.54, 1.807) is 0 Å². The summed E-state index contributed by atoms with van der Waals surface area (Å²) >= 11 is 3.53. The van der Waals surface area contributed by atoms with Crippen molar-refractivity contribution in [1.82, 2.24) is 4.98 Å². The average Bonchev–Trinajstić information content (AvgIpc) is 3.27. The van der Waals surface area contributed by atoms with E-state index in [9.17, 15) is 5.11 Å². The Bertz CT molecular complexity index is 1130. The number of H-pyrrole nitrogens is 1. The van der Waals surface area contributed by atoms with Crippen LogP contribution >= 0.6 is 15.9 Å². The largest absolute Gasteiger partial charge is 0.494 e. The fraction of sp³-hybridized carbons (Fsp3) is 0.360. The Balaban J connectivity index is 1.64. The zero-order valence-electron chi connectivity index (χ0n) is 18.0. The number of nitrogens with zero attached hydrogens (tertiary/aromatic N) is 2. The van der Waals surface area contributed by atoms with Crippen LogP contribution in [0.5, 0.6) is 5.88 Å². The molecule has 2 N–H and O–H groups in total. The second-order valence-corrected chi connectivity index (χ2v) is 8.94. The van der Waals surface area contributed by atoms with Crippen LogP contribution in [0.15, 0.2) is 57.1 Å². The summed E-state index contributed by atoms with van der Waals surface area (Å²) in [5.41, 5.74) is 4.52. The normalized spacial score (nSPS) is 14.5. The van der Waals surface area contributed by atoms with Gasteiger partial charge in [0.1, 0.15) is 18.0 Å². The zero-order valence-corrected chi connectivity index (χ0v) is 19.6. The van der Waals surface area contributed by atoms with Crippen molar-refractivity contribution in [3.8, 4) is 5.88 Å². The van der Waals surface area contributed by atoms with Crippen LogP contribution in [0.25, 0.3) is 10.9 Å². The van der Waals surface area contributed by atoms with Gasteiger partial charge >= 0.3 is 0 Å². The van der Waals surface area contributed by atoms with Gasteiger partial charge in [0.2, 0.25) is 0 Å². The molecule has 5 nitrogen and oxygen atoms in total. The summed E-state index contributed by atoms with van der Waals surface area (Å²) in [5.74, 6) is 0.757. The third kappa shape index (κ3) is 4.54. The first-order chi connectivity index (χ1) is 15.1. The van der Waals surface area contributed by atoms with Gasteiger partial charge in [-0.25, -0.2) is 4.99 Å². The van der Waals surface area contributed by atoms with Crippen LogP contribution in [-0.2, 0) is 4.84 Å². The Hall–Kier alpha value is -2.60. The summed E-state index contributed by atoms with van der Waals surface area (Å²) in [6, 6.07) is 13.7. The van der Waals surface area contributed by atoms with Crippen LogP contribution in [0, 0.1) is 5.92 Å². The van der Waals surface area contributed by atoms with E-state index in [-0.39, 0.29) is 5.88 Å². The molecule has 4 rings (SSSR count). The van der Waals surface area contributed by atoms with E-state index in [2.05, 4.69) is 39.9 Å².